The van der Waals surface area contributed by atoms with Crippen LogP contribution in [-0.4, -0.2) is 89.8 Å². The average Bonchev–Trinajstić information content (AvgIpc) is 2.82. The van der Waals surface area contributed by atoms with E-state index in [0.29, 0.717) is 17.7 Å². The molecule has 3 atom stereocenters. The van der Waals surface area contributed by atoms with Crippen molar-refractivity contribution in [3.63, 3.8) is 0 Å². The zero-order valence-corrected chi connectivity index (χ0v) is 21.4. The van der Waals surface area contributed by atoms with Gasteiger partial charge >= 0.3 is 11.9 Å². The van der Waals surface area contributed by atoms with Gasteiger partial charge < -0.3 is 24.4 Å². The summed E-state index contributed by atoms with van der Waals surface area (Å²) in [6.45, 7) is 5.00. The summed E-state index contributed by atoms with van der Waals surface area (Å²) in [6.07, 6.45) is -0.424. The van der Waals surface area contributed by atoms with Crippen LogP contribution in [0.4, 0.5) is 0 Å². The maximum absolute atomic E-state index is 13.0. The van der Waals surface area contributed by atoms with Crippen molar-refractivity contribution in [3.8, 4) is 0 Å². The average molecular weight is 534 g/mol. The number of hydrogen-bond acceptors (Lipinski definition) is 11. The number of halogens is 1. The van der Waals surface area contributed by atoms with Crippen LogP contribution in [0, 0.1) is 0 Å². The van der Waals surface area contributed by atoms with E-state index in [9.17, 15) is 24.0 Å². The molecule has 0 aromatic carbocycles. The predicted molar refractivity (Wildman–Crippen MR) is 125 cm³/mol. The number of oxime groups is 1. The zero-order chi connectivity index (χ0) is 26.1. The number of methoxy groups -OCH3 is 1. The molecule has 2 aliphatic rings. The highest BCUT2D eigenvalue weighted by Crippen LogP contribution is 2.40. The first kappa shape index (κ1) is 28.6. The molecule has 2 amide bonds. The normalized spacial score (nSPS) is 20.4. The topological polar surface area (TPSA) is 150 Å². The SMILES string of the molecule is CCCC(=O)OC(C)OC(=O)C1=C(COC)CS[C@H]2C(NC(=O)C(=NOCC)C(=O)CCl)C(=O)N12. The Morgan fingerprint density at radius 1 is 1.26 bits per heavy atom. The molecule has 0 saturated carbocycles. The Kier molecular flexibility index (Phi) is 11.0. The first-order valence-corrected chi connectivity index (χ1v) is 12.4. The third-order valence-electron chi connectivity index (χ3n) is 4.76. The van der Waals surface area contributed by atoms with Gasteiger partial charge in [-0.1, -0.05) is 12.1 Å². The largest absolute Gasteiger partial charge is 0.425 e. The molecule has 12 nitrogen and oxygen atoms in total. The molecule has 2 heterocycles. The number of alkyl halides is 1. The van der Waals surface area contributed by atoms with E-state index in [1.165, 1.54) is 30.7 Å². The van der Waals surface area contributed by atoms with Gasteiger partial charge in [-0.15, -0.1) is 23.4 Å². The molecule has 0 aromatic rings. The fourth-order valence-corrected chi connectivity index (χ4v) is 4.71. The van der Waals surface area contributed by atoms with E-state index in [0.717, 1.165) is 0 Å². The quantitative estimate of drug-likeness (QED) is 0.0682. The van der Waals surface area contributed by atoms with Gasteiger partial charge in [-0.2, -0.15) is 0 Å². The number of nitrogens with zero attached hydrogens (tertiary/aromatic N) is 2. The van der Waals surface area contributed by atoms with Crippen LogP contribution in [0.2, 0.25) is 0 Å². The number of Topliss-reactive ketones (excluding diaryl/α,β-unsaturated/α-hetero) is 1. The monoisotopic (exact) mass is 533 g/mol. The Bertz CT molecular complexity index is 924. The first-order chi connectivity index (χ1) is 16.7. The molecule has 2 unspecified atom stereocenters. The molecule has 0 radical (unpaired) electrons. The molecule has 194 valence electrons. The summed E-state index contributed by atoms with van der Waals surface area (Å²) in [4.78, 5) is 68.2. The van der Waals surface area contributed by atoms with Crippen LogP contribution >= 0.6 is 23.4 Å². The Labute approximate surface area is 211 Å². The number of ether oxygens (including phenoxy) is 3. The van der Waals surface area contributed by atoms with Crippen molar-refractivity contribution < 1.29 is 43.0 Å². The van der Waals surface area contributed by atoms with E-state index < -0.39 is 58.8 Å². The maximum Gasteiger partial charge on any atom is 0.358 e. The van der Waals surface area contributed by atoms with Crippen molar-refractivity contribution in [1.29, 1.82) is 0 Å². The van der Waals surface area contributed by atoms with Gasteiger partial charge in [0.2, 0.25) is 17.8 Å². The predicted octanol–water partition coefficient (Wildman–Crippen LogP) is 0.720. The van der Waals surface area contributed by atoms with Gasteiger partial charge in [0.1, 0.15) is 23.7 Å². The second kappa shape index (κ2) is 13.4. The minimum atomic E-state index is -1.17. The number of carbonyl (C=O) groups is 5. The van der Waals surface area contributed by atoms with Crippen LogP contribution in [-0.2, 0) is 43.0 Å². The number of rotatable bonds is 13. The van der Waals surface area contributed by atoms with Crippen molar-refractivity contribution in [3.05, 3.63) is 11.3 Å². The maximum atomic E-state index is 13.0. The molecular formula is C21H28ClN3O9S. The van der Waals surface area contributed by atoms with Gasteiger partial charge in [-0.05, 0) is 18.9 Å². The number of esters is 2. The van der Waals surface area contributed by atoms with Gasteiger partial charge in [0.25, 0.3) is 11.8 Å². The first-order valence-electron chi connectivity index (χ1n) is 10.9. The number of ketones is 1. The highest BCUT2D eigenvalue weighted by molar-refractivity contribution is 8.00. The highest BCUT2D eigenvalue weighted by atomic mass is 35.5. The summed E-state index contributed by atoms with van der Waals surface area (Å²) < 4.78 is 15.5. The van der Waals surface area contributed by atoms with E-state index in [4.69, 9.17) is 30.6 Å². The number of fused-ring (bicyclic) bond motifs is 1. The number of thioether (sulfide) groups is 1. The van der Waals surface area contributed by atoms with Crippen molar-refractivity contribution in [1.82, 2.24) is 10.2 Å². The van der Waals surface area contributed by atoms with E-state index in [2.05, 4.69) is 10.5 Å². The van der Waals surface area contributed by atoms with Gasteiger partial charge in [0, 0.05) is 26.2 Å². The second-order valence-electron chi connectivity index (χ2n) is 7.37. The summed E-state index contributed by atoms with van der Waals surface area (Å²) in [7, 11) is 1.44. The van der Waals surface area contributed by atoms with Crippen LogP contribution in [0.1, 0.15) is 33.6 Å². The van der Waals surface area contributed by atoms with Crippen LogP contribution in [0.25, 0.3) is 0 Å². The molecule has 0 aliphatic carbocycles. The summed E-state index contributed by atoms with van der Waals surface area (Å²) in [5, 5.41) is 5.31. The van der Waals surface area contributed by atoms with E-state index >= 15 is 0 Å². The van der Waals surface area contributed by atoms with Crippen molar-refractivity contribution in [2.45, 2.75) is 51.3 Å². The third-order valence-corrected chi connectivity index (χ3v) is 6.34. The molecule has 35 heavy (non-hydrogen) atoms. The Morgan fingerprint density at radius 3 is 2.57 bits per heavy atom. The molecule has 1 N–H and O–H groups in total. The number of nitrogens with one attached hydrogen (secondary N) is 1. The lowest BCUT2D eigenvalue weighted by Crippen LogP contribution is -2.71. The molecular weight excluding hydrogens is 506 g/mol. The fraction of sp³-hybridized carbons (Fsp3) is 0.619. The molecule has 0 spiro atoms. The molecule has 0 aromatic heterocycles. The van der Waals surface area contributed by atoms with Gasteiger partial charge in [0.15, 0.2) is 0 Å². The number of carbonyl (C=O) groups excluding carboxylic acids is 5. The van der Waals surface area contributed by atoms with Crippen LogP contribution in [0.15, 0.2) is 16.4 Å². The van der Waals surface area contributed by atoms with Crippen molar-refractivity contribution in [2.75, 3.05) is 32.0 Å². The fourth-order valence-electron chi connectivity index (χ4n) is 3.26. The zero-order valence-electron chi connectivity index (χ0n) is 19.8. The molecule has 1 saturated heterocycles. The highest BCUT2D eigenvalue weighted by Gasteiger charge is 2.55. The molecule has 0 bridgehead atoms. The second-order valence-corrected chi connectivity index (χ2v) is 8.75. The van der Waals surface area contributed by atoms with Gasteiger partial charge in [-0.25, -0.2) is 4.79 Å². The summed E-state index contributed by atoms with van der Waals surface area (Å²) >= 11 is 6.83. The van der Waals surface area contributed by atoms with E-state index in [1.807, 2.05) is 6.92 Å². The Hall–Kier alpha value is -2.64. The summed E-state index contributed by atoms with van der Waals surface area (Å²) in [5.74, 6) is -3.86. The molecule has 14 heteroatoms. The number of β-lactam (4-membered cyclic amide) rings is 1. The third kappa shape index (κ3) is 6.95. The van der Waals surface area contributed by atoms with Gasteiger partial charge in [-0.3, -0.25) is 24.1 Å². The molecule has 2 rings (SSSR count). The lowest BCUT2D eigenvalue weighted by atomic mass is 10.0. The van der Waals surface area contributed by atoms with Crippen LogP contribution in [0.3, 0.4) is 0 Å². The summed E-state index contributed by atoms with van der Waals surface area (Å²) in [6, 6.07) is -1.03. The number of hydrogen-bond donors (Lipinski definition) is 1. The Morgan fingerprint density at radius 2 is 1.97 bits per heavy atom. The standard InChI is InChI=1S/C21H28ClN3O9S/c1-5-7-14(27)33-11(3)34-21(30)17-12(9-31-4)10-35-20-16(19(29)25(17)20)23-18(28)15(13(26)8-22)24-32-6-2/h11,16,20H,5-10H2,1-4H3,(H,23,28)/t11?,16?,20-/m0/s1. The minimum Gasteiger partial charge on any atom is -0.425 e. The van der Waals surface area contributed by atoms with E-state index in [1.54, 1.807) is 6.92 Å². The van der Waals surface area contributed by atoms with Crippen molar-refractivity contribution in [2.24, 2.45) is 5.16 Å². The molecule has 2 aliphatic heterocycles. The van der Waals surface area contributed by atoms with E-state index in [-0.39, 0.29) is 25.3 Å². The molecule has 1 fully saturated rings. The van der Waals surface area contributed by atoms with Crippen LogP contribution < -0.4 is 5.32 Å². The van der Waals surface area contributed by atoms with Crippen molar-refractivity contribution >= 4 is 58.6 Å². The minimum absolute atomic E-state index is 0.0375. The van der Waals surface area contributed by atoms with Gasteiger partial charge in [0.05, 0.1) is 12.5 Å². The lowest BCUT2D eigenvalue weighted by Gasteiger charge is -2.49. The lowest BCUT2D eigenvalue weighted by molar-refractivity contribution is -0.184. The van der Waals surface area contributed by atoms with Crippen LogP contribution in [0.5, 0.6) is 0 Å². The summed E-state index contributed by atoms with van der Waals surface area (Å²) in [5.41, 5.74) is -0.101. The Balaban J connectivity index is 2.18. The number of amides is 2. The smallest absolute Gasteiger partial charge is 0.358 e.